The molecule has 0 aliphatic rings. The van der Waals surface area contributed by atoms with Crippen molar-refractivity contribution in [2.75, 3.05) is 0 Å². The smallest absolute Gasteiger partial charge is 0.195 e. The molecule has 1 N–H and O–H groups in total. The lowest BCUT2D eigenvalue weighted by atomic mass is 9.78. The highest BCUT2D eigenvalue weighted by molar-refractivity contribution is 14.1. The number of carbonyl (C=O) groups excluding carboxylic acids is 1. The molecule has 3 nitrogen and oxygen atoms in total. The average Bonchev–Trinajstić information content (AvgIpc) is 2.76. The van der Waals surface area contributed by atoms with E-state index in [1.165, 1.54) is 0 Å². The maximum Gasteiger partial charge on any atom is 0.195 e. The topological polar surface area (TPSA) is 42.2 Å². The molecule has 1 aromatic heterocycles. The first kappa shape index (κ1) is 19.0. The van der Waals surface area contributed by atoms with Gasteiger partial charge in [0.05, 0.1) is 9.26 Å². The zero-order chi connectivity index (χ0) is 18.4. The van der Waals surface area contributed by atoms with Crippen LogP contribution in [0, 0.1) is 3.70 Å². The molecule has 0 fully saturated rings. The van der Waals surface area contributed by atoms with Gasteiger partial charge in [-0.15, -0.1) is 0 Å². The number of phenols is 1. The van der Waals surface area contributed by atoms with Gasteiger partial charge in [0.25, 0.3) is 0 Å². The number of phenolic OH excluding ortho intramolecular Hbond substituents is 1. The van der Waals surface area contributed by atoms with Gasteiger partial charge < -0.3 is 9.67 Å². The van der Waals surface area contributed by atoms with Crippen molar-refractivity contribution < 1.29 is 9.90 Å². The van der Waals surface area contributed by atoms with E-state index in [1.54, 1.807) is 0 Å². The molecule has 2 rings (SSSR count). The van der Waals surface area contributed by atoms with Crippen molar-refractivity contribution in [1.82, 2.24) is 4.57 Å². The SMILES string of the molecule is Cn1ccc(C(=O)c2cc(C(C)(C)C)c(O)c(C(C)(C)C)c2)c1I. The minimum absolute atomic E-state index is 0.00370. The lowest BCUT2D eigenvalue weighted by Crippen LogP contribution is -2.19. The van der Waals surface area contributed by atoms with E-state index in [0.29, 0.717) is 16.9 Å². The maximum atomic E-state index is 13.1. The molecular formula is C20H26INO2. The van der Waals surface area contributed by atoms with Crippen LogP contribution < -0.4 is 0 Å². The van der Waals surface area contributed by atoms with Crippen LogP contribution in [0.1, 0.15) is 68.6 Å². The number of ketones is 1. The number of carbonyl (C=O) groups is 1. The molecule has 0 amide bonds. The second-order valence-corrected chi connectivity index (χ2v) is 9.40. The van der Waals surface area contributed by atoms with Crippen LogP contribution in [0.25, 0.3) is 0 Å². The van der Waals surface area contributed by atoms with Gasteiger partial charge in [-0.25, -0.2) is 0 Å². The number of aromatic nitrogens is 1. The van der Waals surface area contributed by atoms with Crippen molar-refractivity contribution >= 4 is 28.4 Å². The summed E-state index contributed by atoms with van der Waals surface area (Å²) < 4.78 is 2.85. The fourth-order valence-corrected chi connectivity index (χ4v) is 3.33. The largest absolute Gasteiger partial charge is 0.507 e. The fourth-order valence-electron chi connectivity index (χ4n) is 2.74. The normalized spacial score (nSPS) is 12.5. The zero-order valence-electron chi connectivity index (χ0n) is 15.5. The molecule has 0 spiro atoms. The third kappa shape index (κ3) is 3.53. The Hall–Kier alpha value is -1.30. The Balaban J connectivity index is 2.71. The second kappa shape index (κ2) is 6.21. The van der Waals surface area contributed by atoms with Crippen LogP contribution in [-0.2, 0) is 17.9 Å². The molecule has 4 heteroatoms. The highest BCUT2D eigenvalue weighted by Crippen LogP contribution is 2.40. The predicted octanol–water partition coefficient (Wildman–Crippen LogP) is 5.16. The van der Waals surface area contributed by atoms with Gasteiger partial charge in [-0.05, 0) is 51.6 Å². The molecule has 0 aliphatic heterocycles. The molecule has 0 saturated carbocycles. The van der Waals surface area contributed by atoms with Crippen molar-refractivity contribution in [3.8, 4) is 5.75 Å². The van der Waals surface area contributed by atoms with Crippen molar-refractivity contribution in [3.05, 3.63) is 50.4 Å². The van der Waals surface area contributed by atoms with Gasteiger partial charge in [0.2, 0.25) is 0 Å². The monoisotopic (exact) mass is 439 g/mol. The number of aromatic hydroxyl groups is 1. The number of rotatable bonds is 2. The quantitative estimate of drug-likeness (QED) is 0.519. The molecule has 1 heterocycles. The summed E-state index contributed by atoms with van der Waals surface area (Å²) in [6, 6.07) is 5.54. The standard InChI is InChI=1S/C20H26INO2/c1-19(2,3)14-10-12(11-15(17(14)24)20(4,5)6)16(23)13-8-9-22(7)18(13)21/h8-11,24H,1-7H3. The highest BCUT2D eigenvalue weighted by atomic mass is 127. The Bertz CT molecular complexity index is 754. The summed E-state index contributed by atoms with van der Waals surface area (Å²) >= 11 is 2.19. The second-order valence-electron chi connectivity index (χ2n) is 8.38. The summed E-state index contributed by atoms with van der Waals surface area (Å²) in [5.74, 6) is 0.297. The van der Waals surface area contributed by atoms with Gasteiger partial charge in [0.15, 0.2) is 5.78 Å². The predicted molar refractivity (Wildman–Crippen MR) is 107 cm³/mol. The Morgan fingerprint density at radius 1 is 1.04 bits per heavy atom. The van der Waals surface area contributed by atoms with Crippen LogP contribution in [0.3, 0.4) is 0 Å². The number of halogens is 1. The van der Waals surface area contributed by atoms with E-state index in [4.69, 9.17) is 0 Å². The Morgan fingerprint density at radius 3 is 1.83 bits per heavy atom. The minimum Gasteiger partial charge on any atom is -0.507 e. The molecule has 0 atom stereocenters. The average molecular weight is 439 g/mol. The van der Waals surface area contributed by atoms with Gasteiger partial charge in [0, 0.05) is 29.9 Å². The van der Waals surface area contributed by atoms with E-state index in [0.717, 1.165) is 14.8 Å². The molecule has 24 heavy (non-hydrogen) atoms. The number of benzene rings is 1. The third-order valence-electron chi connectivity index (χ3n) is 4.23. The summed E-state index contributed by atoms with van der Waals surface area (Å²) in [5.41, 5.74) is 2.46. The molecule has 0 aliphatic carbocycles. The summed E-state index contributed by atoms with van der Waals surface area (Å²) in [6.07, 6.45) is 1.89. The Kier molecular flexibility index (Phi) is 4.92. The first-order valence-electron chi connectivity index (χ1n) is 8.07. The van der Waals surface area contributed by atoms with E-state index in [-0.39, 0.29) is 16.6 Å². The number of hydrogen-bond donors (Lipinski definition) is 1. The van der Waals surface area contributed by atoms with Crippen LogP contribution >= 0.6 is 22.6 Å². The van der Waals surface area contributed by atoms with Gasteiger partial charge in [-0.3, -0.25) is 4.79 Å². The Morgan fingerprint density at radius 2 is 1.50 bits per heavy atom. The molecular weight excluding hydrogens is 413 g/mol. The summed E-state index contributed by atoms with van der Waals surface area (Å²) in [5, 5.41) is 10.8. The van der Waals surface area contributed by atoms with E-state index in [1.807, 2.05) is 36.0 Å². The number of nitrogens with zero attached hydrogens (tertiary/aromatic N) is 1. The lowest BCUT2D eigenvalue weighted by molar-refractivity contribution is 0.103. The van der Waals surface area contributed by atoms with Crippen LogP contribution in [0.5, 0.6) is 5.75 Å². The van der Waals surface area contributed by atoms with E-state index in [9.17, 15) is 9.90 Å². The van der Waals surface area contributed by atoms with E-state index < -0.39 is 0 Å². The van der Waals surface area contributed by atoms with Crippen molar-refractivity contribution in [3.63, 3.8) is 0 Å². The molecule has 0 unspecified atom stereocenters. The molecule has 0 bridgehead atoms. The number of aryl methyl sites for hydroxylation is 1. The summed E-state index contributed by atoms with van der Waals surface area (Å²) in [7, 11) is 1.93. The maximum absolute atomic E-state index is 13.1. The van der Waals surface area contributed by atoms with E-state index >= 15 is 0 Å². The minimum atomic E-state index is -0.246. The first-order valence-corrected chi connectivity index (χ1v) is 9.15. The van der Waals surface area contributed by atoms with Crippen molar-refractivity contribution in [2.24, 2.45) is 7.05 Å². The molecule has 130 valence electrons. The highest BCUT2D eigenvalue weighted by Gasteiger charge is 2.28. The van der Waals surface area contributed by atoms with Crippen LogP contribution in [0.2, 0.25) is 0 Å². The fraction of sp³-hybridized carbons (Fsp3) is 0.450. The van der Waals surface area contributed by atoms with E-state index in [2.05, 4.69) is 64.1 Å². The molecule has 1 aromatic carbocycles. The van der Waals surface area contributed by atoms with Crippen LogP contribution in [0.4, 0.5) is 0 Å². The van der Waals surface area contributed by atoms with Gasteiger partial charge in [-0.1, -0.05) is 41.5 Å². The Labute approximate surface area is 158 Å². The van der Waals surface area contributed by atoms with Crippen LogP contribution in [-0.4, -0.2) is 15.5 Å². The zero-order valence-corrected chi connectivity index (χ0v) is 17.6. The lowest BCUT2D eigenvalue weighted by Gasteiger charge is -2.28. The molecule has 0 saturated heterocycles. The van der Waals surface area contributed by atoms with Crippen molar-refractivity contribution in [2.45, 2.75) is 52.4 Å². The van der Waals surface area contributed by atoms with Crippen molar-refractivity contribution in [1.29, 1.82) is 0 Å². The summed E-state index contributed by atoms with van der Waals surface area (Å²) in [4.78, 5) is 13.1. The third-order valence-corrected chi connectivity index (χ3v) is 5.57. The molecule has 0 radical (unpaired) electrons. The summed E-state index contributed by atoms with van der Waals surface area (Å²) in [6.45, 7) is 12.3. The van der Waals surface area contributed by atoms with Crippen LogP contribution in [0.15, 0.2) is 24.4 Å². The molecule has 2 aromatic rings. The van der Waals surface area contributed by atoms with Gasteiger partial charge >= 0.3 is 0 Å². The first-order chi connectivity index (χ1) is 10.8. The number of hydrogen-bond acceptors (Lipinski definition) is 2. The van der Waals surface area contributed by atoms with Gasteiger partial charge in [-0.2, -0.15) is 0 Å². The van der Waals surface area contributed by atoms with Gasteiger partial charge in [0.1, 0.15) is 5.75 Å².